The van der Waals surface area contributed by atoms with E-state index in [0.29, 0.717) is 0 Å². The molecule has 1 aliphatic heterocycles. The Morgan fingerprint density at radius 3 is 2.29 bits per heavy atom. The van der Waals surface area contributed by atoms with Gasteiger partial charge in [0, 0.05) is 51.3 Å². The third kappa shape index (κ3) is 3.54. The molecular weight excluding hydrogens is 302 g/mol. The van der Waals surface area contributed by atoms with Gasteiger partial charge in [0.05, 0.1) is 6.04 Å². The first-order valence-corrected chi connectivity index (χ1v) is 8.25. The van der Waals surface area contributed by atoms with Crippen LogP contribution in [0.25, 0.3) is 0 Å². The normalized spacial score (nSPS) is 16.7. The molecule has 0 saturated carbocycles. The van der Waals surface area contributed by atoms with Gasteiger partial charge in [0.2, 0.25) is 11.9 Å². The number of hydrogen-bond acceptors (Lipinski definition) is 5. The number of amides is 1. The van der Waals surface area contributed by atoms with E-state index in [-0.39, 0.29) is 11.9 Å². The summed E-state index contributed by atoms with van der Waals surface area (Å²) in [6.07, 6.45) is 3.52. The maximum absolute atomic E-state index is 12.7. The van der Waals surface area contributed by atoms with Crippen LogP contribution >= 0.6 is 0 Å². The Hall–Kier alpha value is -2.47. The van der Waals surface area contributed by atoms with E-state index in [1.807, 2.05) is 50.4 Å². The molecule has 0 spiro atoms. The lowest BCUT2D eigenvalue weighted by atomic mass is 10.2. The van der Waals surface area contributed by atoms with E-state index in [2.05, 4.69) is 19.8 Å². The first kappa shape index (κ1) is 16.4. The van der Waals surface area contributed by atoms with Crippen LogP contribution in [0.5, 0.6) is 0 Å². The largest absolute Gasteiger partial charge is 0.338 e. The van der Waals surface area contributed by atoms with Crippen molar-refractivity contribution >= 4 is 17.5 Å². The van der Waals surface area contributed by atoms with E-state index in [1.54, 1.807) is 17.3 Å². The first-order chi connectivity index (χ1) is 11.7. The molecule has 1 aromatic heterocycles. The number of benzene rings is 1. The van der Waals surface area contributed by atoms with E-state index in [1.165, 1.54) is 0 Å². The van der Waals surface area contributed by atoms with Gasteiger partial charge in [-0.1, -0.05) is 18.2 Å². The van der Waals surface area contributed by atoms with Crippen molar-refractivity contribution in [2.24, 2.45) is 0 Å². The first-order valence-electron chi connectivity index (χ1n) is 8.25. The third-order valence-electron chi connectivity index (χ3n) is 4.53. The van der Waals surface area contributed by atoms with Crippen molar-refractivity contribution in [2.45, 2.75) is 13.0 Å². The second kappa shape index (κ2) is 7.40. The number of hydrogen-bond donors (Lipinski definition) is 0. The van der Waals surface area contributed by atoms with Gasteiger partial charge in [0.15, 0.2) is 0 Å². The van der Waals surface area contributed by atoms with Gasteiger partial charge in [0.1, 0.15) is 0 Å². The Balaban J connectivity index is 1.58. The maximum Gasteiger partial charge on any atom is 0.243 e. The number of nitrogens with zero attached hydrogens (tertiary/aromatic N) is 5. The summed E-state index contributed by atoms with van der Waals surface area (Å²) in [5.41, 5.74) is 0.922. The summed E-state index contributed by atoms with van der Waals surface area (Å²) < 4.78 is 0. The Morgan fingerprint density at radius 2 is 1.67 bits per heavy atom. The summed E-state index contributed by atoms with van der Waals surface area (Å²) in [5.74, 6) is 0.878. The fourth-order valence-corrected chi connectivity index (χ4v) is 2.98. The Labute approximate surface area is 142 Å². The van der Waals surface area contributed by atoms with Gasteiger partial charge >= 0.3 is 0 Å². The predicted molar refractivity (Wildman–Crippen MR) is 95.1 cm³/mol. The van der Waals surface area contributed by atoms with Crippen LogP contribution in [0.4, 0.5) is 11.6 Å². The van der Waals surface area contributed by atoms with Gasteiger partial charge in [-0.15, -0.1) is 0 Å². The quantitative estimate of drug-likeness (QED) is 0.855. The van der Waals surface area contributed by atoms with Crippen molar-refractivity contribution in [1.29, 1.82) is 0 Å². The van der Waals surface area contributed by atoms with Gasteiger partial charge in [-0.3, -0.25) is 9.69 Å². The molecule has 0 N–H and O–H groups in total. The van der Waals surface area contributed by atoms with Gasteiger partial charge in [-0.05, 0) is 25.1 Å². The second-order valence-electron chi connectivity index (χ2n) is 5.98. The van der Waals surface area contributed by atoms with Crippen molar-refractivity contribution in [3.63, 3.8) is 0 Å². The maximum atomic E-state index is 12.7. The summed E-state index contributed by atoms with van der Waals surface area (Å²) in [6.45, 7) is 5.30. The summed E-state index contributed by atoms with van der Waals surface area (Å²) in [7, 11) is 1.84. The number of piperazine rings is 1. The number of carbonyl (C=O) groups is 1. The fourth-order valence-electron chi connectivity index (χ4n) is 2.98. The summed E-state index contributed by atoms with van der Waals surface area (Å²) in [6, 6.07) is 11.4. The number of anilines is 2. The minimum atomic E-state index is -0.144. The number of aromatic nitrogens is 2. The van der Waals surface area contributed by atoms with Crippen LogP contribution in [0, 0.1) is 0 Å². The molecule has 1 aromatic carbocycles. The highest BCUT2D eigenvalue weighted by Gasteiger charge is 2.28. The van der Waals surface area contributed by atoms with Crippen LogP contribution in [-0.2, 0) is 4.79 Å². The second-order valence-corrected chi connectivity index (χ2v) is 5.98. The van der Waals surface area contributed by atoms with E-state index in [4.69, 9.17) is 0 Å². The molecule has 6 nitrogen and oxygen atoms in total. The molecule has 126 valence electrons. The molecule has 2 heterocycles. The molecule has 1 aliphatic rings. The summed E-state index contributed by atoms with van der Waals surface area (Å²) in [5, 5.41) is 0. The van der Waals surface area contributed by atoms with Crippen LogP contribution < -0.4 is 9.80 Å². The van der Waals surface area contributed by atoms with Gasteiger partial charge in [-0.25, -0.2) is 9.97 Å². The predicted octanol–water partition coefficient (Wildman–Crippen LogP) is 1.65. The lowest BCUT2D eigenvalue weighted by Gasteiger charge is -2.38. The molecule has 1 saturated heterocycles. The smallest absolute Gasteiger partial charge is 0.243 e. The van der Waals surface area contributed by atoms with Crippen LogP contribution in [-0.4, -0.2) is 60.0 Å². The molecule has 0 aliphatic carbocycles. The van der Waals surface area contributed by atoms with Crippen molar-refractivity contribution in [3.8, 4) is 0 Å². The molecular formula is C18H23N5O. The topological polar surface area (TPSA) is 52.6 Å². The van der Waals surface area contributed by atoms with Crippen LogP contribution in [0.2, 0.25) is 0 Å². The minimum Gasteiger partial charge on any atom is -0.338 e. The van der Waals surface area contributed by atoms with E-state index < -0.39 is 0 Å². The number of para-hydroxylation sites is 1. The van der Waals surface area contributed by atoms with E-state index in [9.17, 15) is 4.79 Å². The molecule has 24 heavy (non-hydrogen) atoms. The zero-order valence-electron chi connectivity index (χ0n) is 14.2. The molecule has 1 amide bonds. The number of rotatable bonds is 4. The van der Waals surface area contributed by atoms with E-state index in [0.717, 1.165) is 37.8 Å². The SMILES string of the molecule is CC(C(=O)N(C)c1ccccc1)N1CCN(c2ncccn2)CC1. The summed E-state index contributed by atoms with van der Waals surface area (Å²) in [4.78, 5) is 27.5. The highest BCUT2D eigenvalue weighted by molar-refractivity contribution is 5.96. The van der Waals surface area contributed by atoms with Crippen molar-refractivity contribution in [2.75, 3.05) is 43.0 Å². The Morgan fingerprint density at radius 1 is 1.04 bits per heavy atom. The Kier molecular flexibility index (Phi) is 5.05. The monoisotopic (exact) mass is 325 g/mol. The van der Waals surface area contributed by atoms with Crippen LogP contribution in [0.15, 0.2) is 48.8 Å². The molecule has 3 rings (SSSR count). The van der Waals surface area contributed by atoms with Crippen molar-refractivity contribution < 1.29 is 4.79 Å². The zero-order chi connectivity index (χ0) is 16.9. The lowest BCUT2D eigenvalue weighted by molar-refractivity contribution is -0.123. The van der Waals surface area contributed by atoms with Crippen molar-refractivity contribution in [3.05, 3.63) is 48.8 Å². The third-order valence-corrected chi connectivity index (χ3v) is 4.53. The fraction of sp³-hybridized carbons (Fsp3) is 0.389. The van der Waals surface area contributed by atoms with Gasteiger partial charge < -0.3 is 9.80 Å². The average molecular weight is 325 g/mol. The number of likely N-dealkylation sites (N-methyl/N-ethyl adjacent to an activating group) is 1. The van der Waals surface area contributed by atoms with Gasteiger partial charge in [0.25, 0.3) is 0 Å². The minimum absolute atomic E-state index is 0.116. The zero-order valence-corrected chi connectivity index (χ0v) is 14.2. The van der Waals surface area contributed by atoms with Crippen LogP contribution in [0.1, 0.15) is 6.92 Å². The summed E-state index contributed by atoms with van der Waals surface area (Å²) >= 11 is 0. The molecule has 1 atom stereocenters. The highest BCUT2D eigenvalue weighted by atomic mass is 16.2. The van der Waals surface area contributed by atoms with Gasteiger partial charge in [-0.2, -0.15) is 0 Å². The molecule has 0 bridgehead atoms. The molecule has 2 aromatic rings. The van der Waals surface area contributed by atoms with Crippen molar-refractivity contribution in [1.82, 2.24) is 14.9 Å². The van der Waals surface area contributed by atoms with E-state index >= 15 is 0 Å². The average Bonchev–Trinajstić information content (AvgIpc) is 2.68. The highest BCUT2D eigenvalue weighted by Crippen LogP contribution is 2.16. The number of carbonyl (C=O) groups excluding carboxylic acids is 1. The standard InChI is InChI=1S/C18H23N5O/c1-15(17(24)21(2)16-7-4-3-5-8-16)22-11-13-23(14-12-22)18-19-9-6-10-20-18/h3-10,15H,11-14H2,1-2H3. The molecule has 0 radical (unpaired) electrons. The van der Waals surface area contributed by atoms with Crippen LogP contribution in [0.3, 0.4) is 0 Å². The molecule has 1 unspecified atom stereocenters. The Bertz CT molecular complexity index is 656. The lowest BCUT2D eigenvalue weighted by Crippen LogP contribution is -2.54. The molecule has 1 fully saturated rings. The molecule has 6 heteroatoms.